The molecule has 4 unspecified atom stereocenters. The summed E-state index contributed by atoms with van der Waals surface area (Å²) >= 11 is 1.48. The van der Waals surface area contributed by atoms with Gasteiger partial charge < -0.3 is 43.4 Å². The SMILES string of the molecule is CSCCC(NC(=O)C(C)N)C(=O)NC(CCCN=C(N)N)C(=O)NC(Cc1ccc(O)cc1)C(=O)O. The fourth-order valence-corrected chi connectivity index (χ4v) is 3.66. The average molecular weight is 540 g/mol. The van der Waals surface area contributed by atoms with Crippen LogP contribution >= 0.6 is 11.8 Å². The highest BCUT2D eigenvalue weighted by Gasteiger charge is 2.29. The summed E-state index contributed by atoms with van der Waals surface area (Å²) in [4.78, 5) is 54.0. The molecule has 1 aromatic carbocycles. The maximum absolute atomic E-state index is 13.1. The number of phenols is 1. The topological polar surface area (TPSA) is 235 Å². The van der Waals surface area contributed by atoms with E-state index in [4.69, 9.17) is 17.2 Å². The van der Waals surface area contributed by atoms with Crippen LogP contribution in [0.2, 0.25) is 0 Å². The van der Waals surface area contributed by atoms with Gasteiger partial charge in [-0.25, -0.2) is 4.79 Å². The number of aliphatic carboxylic acids is 1. The Labute approximate surface area is 220 Å². The zero-order valence-electron chi connectivity index (χ0n) is 21.0. The second-order valence-electron chi connectivity index (χ2n) is 8.41. The van der Waals surface area contributed by atoms with Crippen LogP contribution in [0.3, 0.4) is 0 Å². The van der Waals surface area contributed by atoms with Crippen LogP contribution in [0.1, 0.15) is 31.7 Å². The lowest BCUT2D eigenvalue weighted by atomic mass is 10.0. The van der Waals surface area contributed by atoms with Gasteiger partial charge in [0.1, 0.15) is 23.9 Å². The second kappa shape index (κ2) is 16.3. The van der Waals surface area contributed by atoms with Gasteiger partial charge in [0.05, 0.1) is 6.04 Å². The van der Waals surface area contributed by atoms with Crippen molar-refractivity contribution in [3.63, 3.8) is 0 Å². The minimum atomic E-state index is -1.29. The predicted molar refractivity (Wildman–Crippen MR) is 142 cm³/mol. The van der Waals surface area contributed by atoms with Gasteiger partial charge in [-0.3, -0.25) is 19.4 Å². The van der Waals surface area contributed by atoms with Gasteiger partial charge in [0.25, 0.3) is 0 Å². The van der Waals surface area contributed by atoms with Crippen LogP contribution < -0.4 is 33.2 Å². The van der Waals surface area contributed by atoms with E-state index >= 15 is 0 Å². The molecule has 0 aromatic heterocycles. The lowest BCUT2D eigenvalue weighted by Crippen LogP contribution is -2.57. The van der Waals surface area contributed by atoms with Crippen LogP contribution in [-0.2, 0) is 25.6 Å². The summed E-state index contributed by atoms with van der Waals surface area (Å²) in [5.74, 6) is -2.64. The Kier molecular flexibility index (Phi) is 13.9. The van der Waals surface area contributed by atoms with E-state index in [1.165, 1.54) is 30.8 Å². The summed E-state index contributed by atoms with van der Waals surface area (Å²) in [7, 11) is 0. The van der Waals surface area contributed by atoms with Crippen LogP contribution in [0.25, 0.3) is 0 Å². The van der Waals surface area contributed by atoms with Crippen molar-refractivity contribution in [3.8, 4) is 5.75 Å². The molecular weight excluding hydrogens is 502 g/mol. The van der Waals surface area contributed by atoms with Gasteiger partial charge in [-0.15, -0.1) is 0 Å². The molecule has 37 heavy (non-hydrogen) atoms. The fourth-order valence-electron chi connectivity index (χ4n) is 3.19. The number of rotatable bonds is 16. The number of hydrogen-bond donors (Lipinski definition) is 8. The number of benzene rings is 1. The monoisotopic (exact) mass is 539 g/mol. The Bertz CT molecular complexity index is 938. The van der Waals surface area contributed by atoms with Crippen molar-refractivity contribution in [2.24, 2.45) is 22.2 Å². The van der Waals surface area contributed by atoms with E-state index in [9.17, 15) is 29.4 Å². The number of carbonyl (C=O) groups is 4. The molecule has 3 amide bonds. The summed E-state index contributed by atoms with van der Waals surface area (Å²) in [6.07, 6.45) is 2.52. The number of carboxylic acids is 1. The van der Waals surface area contributed by atoms with Crippen molar-refractivity contribution in [1.29, 1.82) is 0 Å². The molecule has 13 nitrogen and oxygen atoms in total. The van der Waals surface area contributed by atoms with E-state index in [-0.39, 0.29) is 31.1 Å². The summed E-state index contributed by atoms with van der Waals surface area (Å²) in [5.41, 5.74) is 16.9. The fraction of sp³-hybridized carbons (Fsp3) is 0.522. The number of thioether (sulfide) groups is 1. The number of guanidine groups is 1. The molecule has 0 aliphatic rings. The Morgan fingerprint density at radius 2 is 1.49 bits per heavy atom. The minimum Gasteiger partial charge on any atom is -0.508 e. The van der Waals surface area contributed by atoms with Gasteiger partial charge in [-0.2, -0.15) is 11.8 Å². The second-order valence-corrected chi connectivity index (χ2v) is 9.40. The van der Waals surface area contributed by atoms with Crippen LogP contribution in [-0.4, -0.2) is 82.6 Å². The molecule has 0 aliphatic carbocycles. The number of nitrogens with two attached hydrogens (primary N) is 3. The summed E-state index contributed by atoms with van der Waals surface area (Å²) in [6.45, 7) is 1.67. The number of aliphatic imine (C=N–C) groups is 1. The van der Waals surface area contributed by atoms with E-state index in [2.05, 4.69) is 20.9 Å². The Morgan fingerprint density at radius 3 is 2.00 bits per heavy atom. The molecule has 0 heterocycles. The number of carboxylic acid groups (broad SMARTS) is 1. The first-order chi connectivity index (χ1) is 17.4. The first-order valence-electron chi connectivity index (χ1n) is 11.7. The van der Waals surface area contributed by atoms with Crippen LogP contribution in [0.4, 0.5) is 0 Å². The number of phenolic OH excluding ortho intramolecular Hbond substituents is 1. The molecular formula is C23H37N7O6S. The smallest absolute Gasteiger partial charge is 0.326 e. The van der Waals surface area contributed by atoms with Crippen LogP contribution in [0.5, 0.6) is 5.75 Å². The number of nitrogens with one attached hydrogen (secondary N) is 3. The molecule has 4 atom stereocenters. The molecule has 1 rings (SSSR count). The summed E-state index contributed by atoms with van der Waals surface area (Å²) in [6, 6.07) is 1.73. The first-order valence-corrected chi connectivity index (χ1v) is 13.1. The number of hydrogen-bond acceptors (Lipinski definition) is 8. The maximum atomic E-state index is 13.1. The van der Waals surface area contributed by atoms with Gasteiger partial charge in [0.15, 0.2) is 5.96 Å². The molecule has 0 spiro atoms. The first kappa shape index (κ1) is 31.5. The third-order valence-corrected chi connectivity index (χ3v) is 5.87. The van der Waals surface area contributed by atoms with Gasteiger partial charge in [0, 0.05) is 13.0 Å². The summed E-state index contributed by atoms with van der Waals surface area (Å²) in [5, 5.41) is 26.8. The lowest BCUT2D eigenvalue weighted by Gasteiger charge is -2.25. The highest BCUT2D eigenvalue weighted by atomic mass is 32.2. The van der Waals surface area contributed by atoms with E-state index < -0.39 is 47.9 Å². The van der Waals surface area contributed by atoms with E-state index in [0.29, 0.717) is 24.2 Å². The van der Waals surface area contributed by atoms with Gasteiger partial charge in [-0.1, -0.05) is 12.1 Å². The zero-order chi connectivity index (χ0) is 28.0. The van der Waals surface area contributed by atoms with Crippen molar-refractivity contribution >= 4 is 41.4 Å². The third-order valence-electron chi connectivity index (χ3n) is 5.23. The lowest BCUT2D eigenvalue weighted by molar-refractivity contribution is -0.142. The zero-order valence-corrected chi connectivity index (χ0v) is 21.8. The molecule has 1 aromatic rings. The van der Waals surface area contributed by atoms with Crippen molar-refractivity contribution < 1.29 is 29.4 Å². The molecule has 206 valence electrons. The molecule has 0 radical (unpaired) electrons. The van der Waals surface area contributed by atoms with Crippen molar-refractivity contribution in [2.75, 3.05) is 18.6 Å². The molecule has 0 bridgehead atoms. The average Bonchev–Trinajstić information content (AvgIpc) is 2.83. The minimum absolute atomic E-state index is 0.0235. The van der Waals surface area contributed by atoms with Gasteiger partial charge in [-0.05, 0) is 55.9 Å². The molecule has 0 fully saturated rings. The van der Waals surface area contributed by atoms with Gasteiger partial charge in [0.2, 0.25) is 17.7 Å². The van der Waals surface area contributed by atoms with Gasteiger partial charge >= 0.3 is 5.97 Å². The summed E-state index contributed by atoms with van der Waals surface area (Å²) < 4.78 is 0. The molecule has 0 saturated carbocycles. The molecule has 0 aliphatic heterocycles. The van der Waals surface area contributed by atoms with Crippen LogP contribution in [0.15, 0.2) is 29.3 Å². The Hall–Kier alpha value is -3.52. The van der Waals surface area contributed by atoms with Crippen LogP contribution in [0, 0.1) is 0 Å². The number of aromatic hydroxyl groups is 1. The third kappa shape index (κ3) is 12.3. The number of amides is 3. The quantitative estimate of drug-likeness (QED) is 0.0696. The highest BCUT2D eigenvalue weighted by Crippen LogP contribution is 2.12. The maximum Gasteiger partial charge on any atom is 0.326 e. The normalized spacial score (nSPS) is 13.9. The Morgan fingerprint density at radius 1 is 0.946 bits per heavy atom. The Balaban J connectivity index is 3.04. The van der Waals surface area contributed by atoms with E-state index in [0.717, 1.165) is 0 Å². The highest BCUT2D eigenvalue weighted by molar-refractivity contribution is 7.98. The molecule has 0 saturated heterocycles. The number of carbonyl (C=O) groups excluding carboxylic acids is 3. The van der Waals surface area contributed by atoms with Crippen molar-refractivity contribution in [2.45, 2.75) is 56.8 Å². The van der Waals surface area contributed by atoms with Crippen molar-refractivity contribution in [1.82, 2.24) is 16.0 Å². The standard InChI is InChI=1S/C23H37N7O6S/c1-13(24)19(32)28-17(9-11-37-2)21(34)29-16(4-3-10-27-23(25)26)20(33)30-18(22(35)36)12-14-5-7-15(31)8-6-14/h5-8,13,16-18,31H,3-4,9-12,24H2,1-2H3,(H,28,32)(H,29,34)(H,30,33)(H,35,36)(H4,25,26,27). The molecule has 11 N–H and O–H groups in total. The van der Waals surface area contributed by atoms with Crippen molar-refractivity contribution in [3.05, 3.63) is 29.8 Å². The molecule has 14 heteroatoms. The number of nitrogens with zero attached hydrogens (tertiary/aromatic N) is 1. The largest absolute Gasteiger partial charge is 0.508 e. The van der Waals surface area contributed by atoms with E-state index in [1.807, 2.05) is 6.26 Å². The predicted octanol–water partition coefficient (Wildman–Crippen LogP) is -1.37. The van der Waals surface area contributed by atoms with E-state index in [1.54, 1.807) is 12.1 Å².